The van der Waals surface area contributed by atoms with Gasteiger partial charge in [-0.15, -0.1) is 0 Å². The highest BCUT2D eigenvalue weighted by atomic mass is 19.1. The summed E-state index contributed by atoms with van der Waals surface area (Å²) < 4.78 is 13.4. The summed E-state index contributed by atoms with van der Waals surface area (Å²) in [6.07, 6.45) is 1.58. The molecule has 1 fully saturated rings. The van der Waals surface area contributed by atoms with Gasteiger partial charge in [0, 0.05) is 38.8 Å². The summed E-state index contributed by atoms with van der Waals surface area (Å²) in [5, 5.41) is 2.96. The predicted octanol–water partition coefficient (Wildman–Crippen LogP) is 1.42. The molecule has 0 atom stereocenters. The van der Waals surface area contributed by atoms with E-state index in [2.05, 4.69) is 10.2 Å². The van der Waals surface area contributed by atoms with Gasteiger partial charge in [0.2, 0.25) is 5.91 Å². The van der Waals surface area contributed by atoms with Crippen molar-refractivity contribution in [1.82, 2.24) is 15.1 Å². The molecule has 2 rings (SSSR count). The van der Waals surface area contributed by atoms with Crippen LogP contribution in [0.4, 0.5) is 4.39 Å². The van der Waals surface area contributed by atoms with E-state index in [0.717, 1.165) is 31.5 Å². The molecule has 0 spiro atoms. The summed E-state index contributed by atoms with van der Waals surface area (Å²) in [7, 11) is 3.49. The largest absolute Gasteiger partial charge is 0.349 e. The third kappa shape index (κ3) is 5.03. The van der Waals surface area contributed by atoms with E-state index in [4.69, 9.17) is 0 Å². The SMILES string of the molecule is Cc1cc(F)cc(C(=O)NC2CCN(CC(=O)N(C)C)CC2)c1. The molecule has 1 aliphatic heterocycles. The molecule has 1 heterocycles. The number of hydrogen-bond donors (Lipinski definition) is 1. The summed E-state index contributed by atoms with van der Waals surface area (Å²) in [5.74, 6) is -0.551. The monoisotopic (exact) mass is 321 g/mol. The Morgan fingerprint density at radius 1 is 1.26 bits per heavy atom. The second-order valence-corrected chi connectivity index (χ2v) is 6.33. The van der Waals surface area contributed by atoms with Crippen LogP contribution in [0, 0.1) is 12.7 Å². The van der Waals surface area contributed by atoms with E-state index < -0.39 is 5.82 Å². The summed E-state index contributed by atoms with van der Waals surface area (Å²) in [6.45, 7) is 3.72. The molecule has 0 unspecified atom stereocenters. The standard InChI is InChI=1S/C17H24FN3O2/c1-12-8-13(10-14(18)9-12)17(23)19-15-4-6-21(7-5-15)11-16(22)20(2)3/h8-10,15H,4-7,11H2,1-3H3,(H,19,23). The van der Waals surface area contributed by atoms with Crippen molar-refractivity contribution in [3.05, 3.63) is 35.1 Å². The first-order valence-corrected chi connectivity index (χ1v) is 7.85. The van der Waals surface area contributed by atoms with Gasteiger partial charge in [-0.2, -0.15) is 0 Å². The average molecular weight is 321 g/mol. The molecule has 0 radical (unpaired) electrons. The third-order valence-corrected chi connectivity index (χ3v) is 4.08. The van der Waals surface area contributed by atoms with E-state index in [1.54, 1.807) is 32.0 Å². The minimum atomic E-state index is -0.396. The smallest absolute Gasteiger partial charge is 0.251 e. The summed E-state index contributed by atoms with van der Waals surface area (Å²) in [5.41, 5.74) is 1.08. The molecule has 1 aromatic carbocycles. The number of likely N-dealkylation sites (N-methyl/N-ethyl adjacent to an activating group) is 1. The molecule has 0 aliphatic carbocycles. The first-order chi connectivity index (χ1) is 10.8. The Morgan fingerprint density at radius 2 is 1.91 bits per heavy atom. The first kappa shape index (κ1) is 17.4. The van der Waals surface area contributed by atoms with Gasteiger partial charge in [0.15, 0.2) is 0 Å². The fourth-order valence-electron chi connectivity index (χ4n) is 2.70. The maximum atomic E-state index is 13.4. The third-order valence-electron chi connectivity index (χ3n) is 4.08. The van der Waals surface area contributed by atoms with Crippen molar-refractivity contribution < 1.29 is 14.0 Å². The lowest BCUT2D eigenvalue weighted by Gasteiger charge is -2.32. The van der Waals surface area contributed by atoms with Crippen molar-refractivity contribution in [3.8, 4) is 0 Å². The van der Waals surface area contributed by atoms with Gasteiger partial charge in [-0.25, -0.2) is 4.39 Å². The fourth-order valence-corrected chi connectivity index (χ4v) is 2.70. The van der Waals surface area contributed by atoms with Crippen molar-refractivity contribution in [1.29, 1.82) is 0 Å². The van der Waals surface area contributed by atoms with Gasteiger partial charge in [0.05, 0.1) is 6.54 Å². The van der Waals surface area contributed by atoms with Gasteiger partial charge >= 0.3 is 0 Å². The molecule has 5 nitrogen and oxygen atoms in total. The number of likely N-dealkylation sites (tertiary alicyclic amines) is 1. The number of carbonyl (C=O) groups is 2. The van der Waals surface area contributed by atoms with Crippen LogP contribution >= 0.6 is 0 Å². The zero-order chi connectivity index (χ0) is 17.0. The molecule has 126 valence electrons. The van der Waals surface area contributed by atoms with E-state index in [-0.39, 0.29) is 17.9 Å². The van der Waals surface area contributed by atoms with Crippen LogP contribution in [0.5, 0.6) is 0 Å². The average Bonchev–Trinajstić information content (AvgIpc) is 2.48. The van der Waals surface area contributed by atoms with Crippen LogP contribution < -0.4 is 5.32 Å². The van der Waals surface area contributed by atoms with Crippen molar-refractivity contribution in [2.45, 2.75) is 25.8 Å². The Kier molecular flexibility index (Phi) is 5.71. The first-order valence-electron chi connectivity index (χ1n) is 7.85. The van der Waals surface area contributed by atoms with Crippen LogP contribution in [0.25, 0.3) is 0 Å². The molecule has 23 heavy (non-hydrogen) atoms. The maximum absolute atomic E-state index is 13.4. The number of hydrogen-bond acceptors (Lipinski definition) is 3. The van der Waals surface area contributed by atoms with E-state index in [9.17, 15) is 14.0 Å². The number of carbonyl (C=O) groups excluding carboxylic acids is 2. The molecular formula is C17H24FN3O2. The fraction of sp³-hybridized carbons (Fsp3) is 0.529. The number of nitrogens with one attached hydrogen (secondary N) is 1. The van der Waals surface area contributed by atoms with Gasteiger partial charge in [0.1, 0.15) is 5.82 Å². The molecule has 0 bridgehead atoms. The molecule has 1 aromatic rings. The molecule has 1 aliphatic rings. The highest BCUT2D eigenvalue weighted by molar-refractivity contribution is 5.94. The van der Waals surface area contributed by atoms with Crippen molar-refractivity contribution in [3.63, 3.8) is 0 Å². The molecule has 0 aromatic heterocycles. The molecule has 2 amide bonds. The number of piperidine rings is 1. The molecule has 1 N–H and O–H groups in total. The Labute approximate surface area is 136 Å². The number of aryl methyl sites for hydroxylation is 1. The second-order valence-electron chi connectivity index (χ2n) is 6.33. The minimum absolute atomic E-state index is 0.0665. The van der Waals surface area contributed by atoms with Gasteiger partial charge in [-0.3, -0.25) is 14.5 Å². The van der Waals surface area contributed by atoms with Gasteiger partial charge in [-0.05, 0) is 43.5 Å². The molecular weight excluding hydrogens is 297 g/mol. The van der Waals surface area contributed by atoms with Crippen molar-refractivity contribution >= 4 is 11.8 Å². The van der Waals surface area contributed by atoms with Crippen LogP contribution in [0.15, 0.2) is 18.2 Å². The zero-order valence-electron chi connectivity index (χ0n) is 13.9. The summed E-state index contributed by atoms with van der Waals surface area (Å²) in [4.78, 5) is 27.6. The number of benzene rings is 1. The van der Waals surface area contributed by atoms with Gasteiger partial charge in [0.25, 0.3) is 5.91 Å². The Hall–Kier alpha value is -1.95. The van der Waals surface area contributed by atoms with Crippen molar-refractivity contribution in [2.24, 2.45) is 0 Å². The van der Waals surface area contributed by atoms with Crippen LogP contribution in [0.1, 0.15) is 28.8 Å². The highest BCUT2D eigenvalue weighted by Gasteiger charge is 2.23. The van der Waals surface area contributed by atoms with Crippen LogP contribution in [0.2, 0.25) is 0 Å². The topological polar surface area (TPSA) is 52.7 Å². The van der Waals surface area contributed by atoms with Crippen LogP contribution in [-0.2, 0) is 4.79 Å². The Bertz CT molecular complexity index is 561. The summed E-state index contributed by atoms with van der Waals surface area (Å²) >= 11 is 0. The van der Waals surface area contributed by atoms with Gasteiger partial charge in [-0.1, -0.05) is 0 Å². The number of halogens is 1. The highest BCUT2D eigenvalue weighted by Crippen LogP contribution is 2.13. The van der Waals surface area contributed by atoms with Crippen molar-refractivity contribution in [2.75, 3.05) is 33.7 Å². The van der Waals surface area contributed by atoms with Gasteiger partial charge < -0.3 is 10.2 Å². The normalized spacial score (nSPS) is 16.2. The second kappa shape index (κ2) is 7.55. The lowest BCUT2D eigenvalue weighted by Crippen LogP contribution is -2.47. The maximum Gasteiger partial charge on any atom is 0.251 e. The number of rotatable bonds is 4. The minimum Gasteiger partial charge on any atom is -0.349 e. The van der Waals surface area contributed by atoms with E-state index >= 15 is 0 Å². The van der Waals surface area contributed by atoms with E-state index in [0.29, 0.717) is 12.1 Å². The molecule has 1 saturated heterocycles. The predicted molar refractivity (Wildman–Crippen MR) is 86.8 cm³/mol. The number of amides is 2. The lowest BCUT2D eigenvalue weighted by atomic mass is 10.0. The quantitative estimate of drug-likeness (QED) is 0.912. The van der Waals surface area contributed by atoms with Crippen LogP contribution in [-0.4, -0.2) is 61.4 Å². The Morgan fingerprint density at radius 3 is 2.48 bits per heavy atom. The molecule has 0 saturated carbocycles. The van der Waals surface area contributed by atoms with E-state index in [1.807, 2.05) is 0 Å². The van der Waals surface area contributed by atoms with E-state index in [1.165, 1.54) is 12.1 Å². The molecule has 6 heteroatoms. The summed E-state index contributed by atoms with van der Waals surface area (Å²) in [6, 6.07) is 4.41. The number of nitrogens with zero attached hydrogens (tertiary/aromatic N) is 2. The zero-order valence-corrected chi connectivity index (χ0v) is 13.9. The lowest BCUT2D eigenvalue weighted by molar-refractivity contribution is -0.130. The van der Waals surface area contributed by atoms with Crippen LogP contribution in [0.3, 0.4) is 0 Å². The Balaban J connectivity index is 1.84.